The van der Waals surface area contributed by atoms with Gasteiger partial charge in [0.2, 0.25) is 11.8 Å². The summed E-state index contributed by atoms with van der Waals surface area (Å²) in [6.45, 7) is 2.09. The molecule has 4 rings (SSSR count). The zero-order chi connectivity index (χ0) is 16.0. The fraction of sp³-hybridized carbons (Fsp3) is 0.556. The molecule has 0 saturated carbocycles. The van der Waals surface area contributed by atoms with Gasteiger partial charge in [0.05, 0.1) is 10.9 Å². The van der Waals surface area contributed by atoms with Gasteiger partial charge in [-0.05, 0) is 43.7 Å². The molecule has 2 saturated heterocycles. The first kappa shape index (κ1) is 15.1. The molecule has 2 aliphatic heterocycles. The Morgan fingerprint density at radius 1 is 1.35 bits per heavy atom. The van der Waals surface area contributed by atoms with E-state index in [2.05, 4.69) is 30.4 Å². The van der Waals surface area contributed by atoms with Crippen LogP contribution in [0.4, 0.5) is 0 Å². The van der Waals surface area contributed by atoms with Crippen molar-refractivity contribution in [1.82, 2.24) is 10.2 Å². The fourth-order valence-electron chi connectivity index (χ4n) is 4.19. The quantitative estimate of drug-likeness (QED) is 0.907. The van der Waals surface area contributed by atoms with E-state index in [1.54, 1.807) is 11.8 Å². The lowest BCUT2D eigenvalue weighted by Gasteiger charge is -2.32. The zero-order valence-corrected chi connectivity index (χ0v) is 14.2. The largest absolute Gasteiger partial charge is 0.347 e. The molecule has 3 unspecified atom stereocenters. The number of hydrogen-bond acceptors (Lipinski definition) is 3. The van der Waals surface area contributed by atoms with Crippen LogP contribution in [0.3, 0.4) is 0 Å². The molecule has 3 atom stereocenters. The van der Waals surface area contributed by atoms with Crippen molar-refractivity contribution in [3.8, 4) is 0 Å². The van der Waals surface area contributed by atoms with Crippen molar-refractivity contribution in [3.05, 3.63) is 35.4 Å². The van der Waals surface area contributed by atoms with E-state index < -0.39 is 0 Å². The molecule has 0 spiro atoms. The van der Waals surface area contributed by atoms with Crippen LogP contribution in [0.15, 0.2) is 24.3 Å². The van der Waals surface area contributed by atoms with Crippen molar-refractivity contribution >= 4 is 23.6 Å². The van der Waals surface area contributed by atoms with Gasteiger partial charge in [-0.1, -0.05) is 24.3 Å². The Morgan fingerprint density at radius 3 is 3.04 bits per heavy atom. The lowest BCUT2D eigenvalue weighted by Crippen LogP contribution is -2.50. The first-order valence-electron chi connectivity index (χ1n) is 8.43. The summed E-state index contributed by atoms with van der Waals surface area (Å²) in [6, 6.07) is 8.14. The summed E-state index contributed by atoms with van der Waals surface area (Å²) >= 11 is 1.75. The van der Waals surface area contributed by atoms with E-state index in [1.807, 2.05) is 11.0 Å². The molecule has 2 heterocycles. The van der Waals surface area contributed by atoms with Gasteiger partial charge < -0.3 is 10.2 Å². The Morgan fingerprint density at radius 2 is 2.17 bits per heavy atom. The number of benzene rings is 1. The summed E-state index contributed by atoms with van der Waals surface area (Å²) in [4.78, 5) is 26.7. The maximum absolute atomic E-state index is 12.8. The number of hydrogen-bond donors (Lipinski definition) is 1. The van der Waals surface area contributed by atoms with Crippen LogP contribution in [-0.4, -0.2) is 33.4 Å². The van der Waals surface area contributed by atoms with Crippen LogP contribution in [0.25, 0.3) is 0 Å². The minimum atomic E-state index is -0.311. The summed E-state index contributed by atoms with van der Waals surface area (Å²) in [5.74, 6) is 0.850. The summed E-state index contributed by atoms with van der Waals surface area (Å²) in [7, 11) is 0. The van der Waals surface area contributed by atoms with E-state index >= 15 is 0 Å². The van der Waals surface area contributed by atoms with Gasteiger partial charge in [0.15, 0.2) is 0 Å². The predicted octanol–water partition coefficient (Wildman–Crippen LogP) is 2.63. The number of rotatable bonds is 2. The van der Waals surface area contributed by atoms with Gasteiger partial charge in [0, 0.05) is 12.2 Å². The number of nitrogens with one attached hydrogen (secondary N) is 1. The average molecular weight is 330 g/mol. The first-order valence-corrected chi connectivity index (χ1v) is 9.41. The second kappa shape index (κ2) is 5.55. The van der Waals surface area contributed by atoms with Crippen LogP contribution in [0.2, 0.25) is 0 Å². The molecule has 1 N–H and O–H groups in total. The monoisotopic (exact) mass is 330 g/mol. The van der Waals surface area contributed by atoms with E-state index in [-0.39, 0.29) is 28.8 Å². The highest BCUT2D eigenvalue weighted by molar-refractivity contribution is 8.01. The highest BCUT2D eigenvalue weighted by Gasteiger charge is 2.53. The first-order chi connectivity index (χ1) is 11.1. The van der Waals surface area contributed by atoms with Gasteiger partial charge in [-0.25, -0.2) is 0 Å². The molecule has 3 aliphatic rings. The SMILES string of the molecule is CC12CCC(=O)N1C(C(=O)NC1CCCc3ccccc31)CS2. The summed E-state index contributed by atoms with van der Waals surface area (Å²) in [5, 5.41) is 3.22. The molecule has 1 aromatic carbocycles. The summed E-state index contributed by atoms with van der Waals surface area (Å²) in [5.41, 5.74) is 2.58. The van der Waals surface area contributed by atoms with E-state index in [1.165, 1.54) is 11.1 Å². The van der Waals surface area contributed by atoms with E-state index in [4.69, 9.17) is 0 Å². The molecule has 1 aromatic rings. The highest BCUT2D eigenvalue weighted by Crippen LogP contribution is 2.47. The topological polar surface area (TPSA) is 49.4 Å². The molecule has 2 fully saturated rings. The normalized spacial score (nSPS) is 32.6. The van der Waals surface area contributed by atoms with Gasteiger partial charge >= 0.3 is 0 Å². The lowest BCUT2D eigenvalue weighted by atomic mass is 9.87. The standard InChI is InChI=1S/C18H22N2O2S/c1-18-10-9-16(21)20(18)15(11-23-18)17(22)19-14-8-4-6-12-5-2-3-7-13(12)14/h2-3,5,7,14-15H,4,6,8-11H2,1H3,(H,19,22). The zero-order valence-electron chi connectivity index (χ0n) is 13.4. The molecular weight excluding hydrogens is 308 g/mol. The Hall–Kier alpha value is -1.49. The molecule has 0 aromatic heterocycles. The number of amides is 2. The Bertz CT molecular complexity index is 662. The Labute approximate surface area is 141 Å². The maximum Gasteiger partial charge on any atom is 0.244 e. The van der Waals surface area contributed by atoms with Gasteiger partial charge in [-0.2, -0.15) is 0 Å². The Balaban J connectivity index is 1.52. The van der Waals surface area contributed by atoms with Crippen LogP contribution in [-0.2, 0) is 16.0 Å². The average Bonchev–Trinajstić information content (AvgIpc) is 3.04. The third-order valence-electron chi connectivity index (χ3n) is 5.43. The number of aryl methyl sites for hydroxylation is 1. The highest BCUT2D eigenvalue weighted by atomic mass is 32.2. The van der Waals surface area contributed by atoms with Gasteiger partial charge in [-0.3, -0.25) is 9.59 Å². The second-order valence-electron chi connectivity index (χ2n) is 6.92. The number of carbonyl (C=O) groups is 2. The summed E-state index contributed by atoms with van der Waals surface area (Å²) in [6.07, 6.45) is 4.59. The number of fused-ring (bicyclic) bond motifs is 2. The third kappa shape index (κ3) is 2.45. The van der Waals surface area contributed by atoms with Crippen molar-refractivity contribution in [3.63, 3.8) is 0 Å². The van der Waals surface area contributed by atoms with Crippen LogP contribution >= 0.6 is 11.8 Å². The van der Waals surface area contributed by atoms with Crippen LogP contribution in [0, 0.1) is 0 Å². The number of carbonyl (C=O) groups excluding carboxylic acids is 2. The minimum Gasteiger partial charge on any atom is -0.347 e. The molecular formula is C18H22N2O2S. The Kier molecular flexibility index (Phi) is 3.63. The van der Waals surface area contributed by atoms with Crippen molar-refractivity contribution in [2.45, 2.75) is 56.0 Å². The van der Waals surface area contributed by atoms with Crippen molar-refractivity contribution in [2.24, 2.45) is 0 Å². The molecule has 122 valence electrons. The molecule has 5 heteroatoms. The van der Waals surface area contributed by atoms with E-state index in [9.17, 15) is 9.59 Å². The molecule has 0 bridgehead atoms. The number of thioether (sulfide) groups is 1. The molecule has 0 radical (unpaired) electrons. The number of nitrogens with zero attached hydrogens (tertiary/aromatic N) is 1. The van der Waals surface area contributed by atoms with Crippen LogP contribution < -0.4 is 5.32 Å². The minimum absolute atomic E-state index is 0.0122. The van der Waals surface area contributed by atoms with Gasteiger partial charge in [0.1, 0.15) is 6.04 Å². The van der Waals surface area contributed by atoms with Gasteiger partial charge in [-0.15, -0.1) is 11.8 Å². The second-order valence-corrected chi connectivity index (χ2v) is 8.42. The van der Waals surface area contributed by atoms with Crippen molar-refractivity contribution in [1.29, 1.82) is 0 Å². The lowest BCUT2D eigenvalue weighted by molar-refractivity contribution is -0.138. The van der Waals surface area contributed by atoms with Crippen LogP contribution in [0.1, 0.15) is 49.8 Å². The molecule has 1 aliphatic carbocycles. The smallest absolute Gasteiger partial charge is 0.244 e. The fourth-order valence-corrected chi connectivity index (χ4v) is 5.62. The third-order valence-corrected chi connectivity index (χ3v) is 6.94. The molecule has 23 heavy (non-hydrogen) atoms. The van der Waals surface area contributed by atoms with Crippen molar-refractivity contribution in [2.75, 3.05) is 5.75 Å². The summed E-state index contributed by atoms with van der Waals surface area (Å²) < 4.78 is 0. The van der Waals surface area contributed by atoms with E-state index in [0.29, 0.717) is 12.2 Å². The van der Waals surface area contributed by atoms with Crippen molar-refractivity contribution < 1.29 is 9.59 Å². The molecule has 4 nitrogen and oxygen atoms in total. The maximum atomic E-state index is 12.8. The predicted molar refractivity (Wildman–Crippen MR) is 91.0 cm³/mol. The van der Waals surface area contributed by atoms with Crippen LogP contribution in [0.5, 0.6) is 0 Å². The molecule has 2 amide bonds. The van der Waals surface area contributed by atoms with E-state index in [0.717, 1.165) is 25.7 Å². The van der Waals surface area contributed by atoms with Gasteiger partial charge in [0.25, 0.3) is 0 Å².